The van der Waals surface area contributed by atoms with Crippen molar-refractivity contribution in [3.63, 3.8) is 0 Å². The van der Waals surface area contributed by atoms with Crippen LogP contribution in [0.25, 0.3) is 10.9 Å². The molecule has 0 unspecified atom stereocenters. The number of pyridine rings is 1. The first-order valence-corrected chi connectivity index (χ1v) is 6.30. The normalized spacial score (nSPS) is 17.6. The number of hydrogen-bond donors (Lipinski definition) is 1. The third-order valence-electron chi connectivity index (χ3n) is 3.49. The van der Waals surface area contributed by atoms with Gasteiger partial charge in [-0.3, -0.25) is 0 Å². The Balaban J connectivity index is 2.22. The second-order valence-electron chi connectivity index (χ2n) is 4.50. The highest BCUT2D eigenvalue weighted by molar-refractivity contribution is 9.10. The molecule has 1 fully saturated rings. The molecular weight excluding hydrogens is 264 g/mol. The first-order chi connectivity index (χ1) is 7.75. The molecule has 16 heavy (non-hydrogen) atoms. The van der Waals surface area contributed by atoms with Crippen LogP contribution in [0.15, 0.2) is 34.9 Å². The van der Waals surface area contributed by atoms with Gasteiger partial charge in [0.15, 0.2) is 0 Å². The summed E-state index contributed by atoms with van der Waals surface area (Å²) in [6.45, 7) is 0.714. The van der Waals surface area contributed by atoms with E-state index in [0.717, 1.165) is 10.1 Å². The second-order valence-corrected chi connectivity index (χ2v) is 5.26. The van der Waals surface area contributed by atoms with E-state index in [0.29, 0.717) is 6.54 Å². The zero-order valence-corrected chi connectivity index (χ0v) is 10.5. The monoisotopic (exact) mass is 276 g/mol. The van der Waals surface area contributed by atoms with Gasteiger partial charge < -0.3 is 5.73 Å². The molecule has 1 aliphatic carbocycles. The maximum absolute atomic E-state index is 5.87. The summed E-state index contributed by atoms with van der Waals surface area (Å²) in [7, 11) is 0. The Morgan fingerprint density at radius 1 is 1.31 bits per heavy atom. The highest BCUT2D eigenvalue weighted by atomic mass is 79.9. The van der Waals surface area contributed by atoms with Crippen molar-refractivity contribution < 1.29 is 0 Å². The van der Waals surface area contributed by atoms with E-state index in [9.17, 15) is 0 Å². The predicted molar refractivity (Wildman–Crippen MR) is 69.4 cm³/mol. The molecule has 0 saturated heterocycles. The third kappa shape index (κ3) is 1.46. The molecule has 1 aromatic carbocycles. The minimum atomic E-state index is 0.190. The summed E-state index contributed by atoms with van der Waals surface area (Å²) in [6, 6.07) is 10.4. The molecule has 0 radical (unpaired) electrons. The summed E-state index contributed by atoms with van der Waals surface area (Å²) in [5.41, 5.74) is 8.36. The summed E-state index contributed by atoms with van der Waals surface area (Å²) in [5, 5.41) is 1.19. The van der Waals surface area contributed by atoms with Crippen molar-refractivity contribution in [2.45, 2.75) is 18.3 Å². The van der Waals surface area contributed by atoms with E-state index in [2.05, 4.69) is 33.0 Å². The van der Waals surface area contributed by atoms with Crippen LogP contribution in [0, 0.1) is 0 Å². The molecule has 2 nitrogen and oxygen atoms in total. The predicted octanol–water partition coefficient (Wildman–Crippen LogP) is 2.99. The van der Waals surface area contributed by atoms with Crippen molar-refractivity contribution in [2.75, 3.05) is 6.54 Å². The molecule has 3 heteroatoms. The third-order valence-corrected chi connectivity index (χ3v) is 4.10. The summed E-state index contributed by atoms with van der Waals surface area (Å²) >= 11 is 3.57. The Labute approximate surface area is 103 Å². The van der Waals surface area contributed by atoms with Crippen LogP contribution in [0.1, 0.15) is 18.4 Å². The van der Waals surface area contributed by atoms with Crippen molar-refractivity contribution in [2.24, 2.45) is 5.73 Å². The SMILES string of the molecule is NCC1(c2cc3ccccc3nc2Br)CC1. The van der Waals surface area contributed by atoms with Gasteiger partial charge in [-0.2, -0.15) is 0 Å². The molecule has 1 heterocycles. The molecule has 0 aliphatic heterocycles. The summed E-state index contributed by atoms with van der Waals surface area (Å²) < 4.78 is 0.953. The van der Waals surface area contributed by atoms with E-state index in [-0.39, 0.29) is 5.41 Å². The van der Waals surface area contributed by atoms with Crippen LogP contribution in [0.2, 0.25) is 0 Å². The van der Waals surface area contributed by atoms with Gasteiger partial charge in [-0.25, -0.2) is 4.98 Å². The summed E-state index contributed by atoms with van der Waals surface area (Å²) in [6.07, 6.45) is 2.37. The minimum absolute atomic E-state index is 0.190. The number of fused-ring (bicyclic) bond motifs is 1. The first-order valence-electron chi connectivity index (χ1n) is 5.51. The van der Waals surface area contributed by atoms with E-state index in [4.69, 9.17) is 5.73 Å². The Hall–Kier alpha value is -0.930. The Morgan fingerprint density at radius 3 is 2.75 bits per heavy atom. The second kappa shape index (κ2) is 3.54. The Kier molecular flexibility index (Phi) is 2.26. The van der Waals surface area contributed by atoms with Gasteiger partial charge in [-0.15, -0.1) is 0 Å². The lowest BCUT2D eigenvalue weighted by Crippen LogP contribution is -2.20. The average Bonchev–Trinajstić information content (AvgIpc) is 3.09. The van der Waals surface area contributed by atoms with E-state index in [1.54, 1.807) is 0 Å². The summed E-state index contributed by atoms with van der Waals surface area (Å²) in [5.74, 6) is 0. The van der Waals surface area contributed by atoms with Crippen LogP contribution in [0.3, 0.4) is 0 Å². The van der Waals surface area contributed by atoms with Crippen molar-refractivity contribution in [3.8, 4) is 0 Å². The fourth-order valence-corrected chi connectivity index (χ4v) is 2.92. The lowest BCUT2D eigenvalue weighted by atomic mass is 9.96. The number of halogens is 1. The number of aromatic nitrogens is 1. The molecule has 0 spiro atoms. The van der Waals surface area contributed by atoms with Gasteiger partial charge in [-0.1, -0.05) is 18.2 Å². The number of nitrogens with zero attached hydrogens (tertiary/aromatic N) is 1. The van der Waals surface area contributed by atoms with Crippen LogP contribution >= 0.6 is 15.9 Å². The van der Waals surface area contributed by atoms with Crippen LogP contribution < -0.4 is 5.73 Å². The largest absolute Gasteiger partial charge is 0.330 e. The fourth-order valence-electron chi connectivity index (χ4n) is 2.20. The quantitative estimate of drug-likeness (QED) is 0.857. The fraction of sp³-hybridized carbons (Fsp3) is 0.308. The molecular formula is C13H13BrN2. The number of benzene rings is 1. The maximum atomic E-state index is 5.87. The molecule has 1 saturated carbocycles. The van der Waals surface area contributed by atoms with E-state index in [1.165, 1.54) is 23.8 Å². The summed E-state index contributed by atoms with van der Waals surface area (Å²) in [4.78, 5) is 4.59. The highest BCUT2D eigenvalue weighted by Gasteiger charge is 2.44. The number of rotatable bonds is 2. The molecule has 1 aliphatic rings. The average molecular weight is 277 g/mol. The molecule has 0 atom stereocenters. The lowest BCUT2D eigenvalue weighted by Gasteiger charge is -2.15. The van der Waals surface area contributed by atoms with Gasteiger partial charge in [0.1, 0.15) is 4.60 Å². The molecule has 1 aromatic heterocycles. The van der Waals surface area contributed by atoms with Crippen LogP contribution in [-0.4, -0.2) is 11.5 Å². The molecule has 2 aromatic rings. The number of nitrogens with two attached hydrogens (primary N) is 1. The molecule has 0 bridgehead atoms. The number of hydrogen-bond acceptors (Lipinski definition) is 2. The van der Waals surface area contributed by atoms with Crippen LogP contribution in [-0.2, 0) is 5.41 Å². The first kappa shape index (κ1) is 10.2. The van der Waals surface area contributed by atoms with Gasteiger partial charge in [0.05, 0.1) is 5.52 Å². The smallest absolute Gasteiger partial charge is 0.110 e. The van der Waals surface area contributed by atoms with E-state index in [1.807, 2.05) is 18.2 Å². The Bertz CT molecular complexity index is 547. The topological polar surface area (TPSA) is 38.9 Å². The van der Waals surface area contributed by atoms with E-state index < -0.39 is 0 Å². The zero-order valence-electron chi connectivity index (χ0n) is 8.91. The zero-order chi connectivity index (χ0) is 11.2. The maximum Gasteiger partial charge on any atom is 0.110 e. The molecule has 0 amide bonds. The highest BCUT2D eigenvalue weighted by Crippen LogP contribution is 2.49. The standard InChI is InChI=1S/C13H13BrN2/c14-12-10(13(8-15)5-6-13)7-9-3-1-2-4-11(9)16-12/h1-4,7H,5-6,8,15H2. The van der Waals surface area contributed by atoms with Gasteiger partial charge >= 0.3 is 0 Å². The lowest BCUT2D eigenvalue weighted by molar-refractivity contribution is 0.698. The van der Waals surface area contributed by atoms with Crippen molar-refractivity contribution in [1.29, 1.82) is 0 Å². The molecule has 82 valence electrons. The van der Waals surface area contributed by atoms with E-state index >= 15 is 0 Å². The van der Waals surface area contributed by atoms with Crippen LogP contribution in [0.5, 0.6) is 0 Å². The van der Waals surface area contributed by atoms with Gasteiger partial charge in [-0.05, 0) is 46.5 Å². The van der Waals surface area contributed by atoms with Crippen molar-refractivity contribution in [3.05, 3.63) is 40.5 Å². The molecule has 2 N–H and O–H groups in total. The van der Waals surface area contributed by atoms with Gasteiger partial charge in [0, 0.05) is 17.3 Å². The Morgan fingerprint density at radius 2 is 2.06 bits per heavy atom. The molecule has 3 rings (SSSR count). The van der Waals surface area contributed by atoms with Gasteiger partial charge in [0.25, 0.3) is 0 Å². The van der Waals surface area contributed by atoms with Crippen LogP contribution in [0.4, 0.5) is 0 Å². The minimum Gasteiger partial charge on any atom is -0.330 e. The number of para-hydroxylation sites is 1. The van der Waals surface area contributed by atoms with Gasteiger partial charge in [0.2, 0.25) is 0 Å². The van der Waals surface area contributed by atoms with Crippen molar-refractivity contribution >= 4 is 26.8 Å². The van der Waals surface area contributed by atoms with Crippen molar-refractivity contribution in [1.82, 2.24) is 4.98 Å².